The van der Waals surface area contributed by atoms with Gasteiger partial charge in [0.25, 0.3) is 0 Å². The minimum absolute atomic E-state index is 0.295. The summed E-state index contributed by atoms with van der Waals surface area (Å²) < 4.78 is 10.5. The number of benzene rings is 1. The third-order valence-electron chi connectivity index (χ3n) is 2.46. The molecule has 0 amide bonds. The number of hydrogen-bond donors (Lipinski definition) is 1. The van der Waals surface area contributed by atoms with Crippen molar-refractivity contribution in [3.8, 4) is 11.5 Å². The molecule has 1 aromatic carbocycles. The number of rotatable bonds is 3. The molecule has 0 spiro atoms. The summed E-state index contributed by atoms with van der Waals surface area (Å²) in [5.41, 5.74) is 1.87. The molecule has 5 heteroatoms. The zero-order valence-corrected chi connectivity index (χ0v) is 9.09. The van der Waals surface area contributed by atoms with Crippen LogP contribution in [0, 0.1) is 0 Å². The number of aromatic nitrogens is 2. The van der Waals surface area contributed by atoms with Crippen LogP contribution in [-0.2, 0) is 6.54 Å². The molecule has 2 heterocycles. The van der Waals surface area contributed by atoms with Gasteiger partial charge in [-0.25, -0.2) is 0 Å². The van der Waals surface area contributed by atoms with Gasteiger partial charge in [0, 0.05) is 24.1 Å². The van der Waals surface area contributed by atoms with Crippen LogP contribution in [0.25, 0.3) is 0 Å². The Hall–Kier alpha value is -2.30. The van der Waals surface area contributed by atoms with Crippen molar-refractivity contribution in [2.24, 2.45) is 0 Å². The van der Waals surface area contributed by atoms with E-state index in [1.165, 1.54) is 0 Å². The van der Waals surface area contributed by atoms with Crippen LogP contribution >= 0.6 is 0 Å². The third kappa shape index (κ3) is 2.13. The molecule has 1 aromatic heterocycles. The summed E-state index contributed by atoms with van der Waals surface area (Å²) in [4.78, 5) is 8.19. The van der Waals surface area contributed by atoms with Crippen LogP contribution in [0.3, 0.4) is 0 Å². The molecule has 3 rings (SSSR count). The fraction of sp³-hybridized carbons (Fsp3) is 0.167. The van der Waals surface area contributed by atoms with Crippen molar-refractivity contribution in [2.75, 3.05) is 12.1 Å². The van der Waals surface area contributed by atoms with E-state index in [9.17, 15) is 0 Å². The van der Waals surface area contributed by atoms with Gasteiger partial charge >= 0.3 is 0 Å². The van der Waals surface area contributed by atoms with E-state index in [1.54, 1.807) is 18.6 Å². The second-order valence-electron chi connectivity index (χ2n) is 3.62. The molecule has 0 aliphatic carbocycles. The summed E-state index contributed by atoms with van der Waals surface area (Å²) in [6, 6.07) is 5.75. The molecule has 0 fully saturated rings. The number of hydrogen-bond acceptors (Lipinski definition) is 5. The second-order valence-corrected chi connectivity index (χ2v) is 3.62. The molecule has 1 N–H and O–H groups in total. The van der Waals surface area contributed by atoms with Crippen LogP contribution in [0.1, 0.15) is 5.69 Å². The first-order valence-electron chi connectivity index (χ1n) is 5.30. The van der Waals surface area contributed by atoms with E-state index >= 15 is 0 Å². The van der Waals surface area contributed by atoms with Crippen LogP contribution in [-0.4, -0.2) is 16.8 Å². The van der Waals surface area contributed by atoms with E-state index in [4.69, 9.17) is 9.47 Å². The first-order valence-corrected chi connectivity index (χ1v) is 5.30. The Morgan fingerprint density at radius 3 is 3.00 bits per heavy atom. The first-order chi connectivity index (χ1) is 8.42. The fourth-order valence-corrected chi connectivity index (χ4v) is 1.62. The van der Waals surface area contributed by atoms with E-state index in [0.717, 1.165) is 22.9 Å². The van der Waals surface area contributed by atoms with Crippen LogP contribution in [0.15, 0.2) is 36.8 Å². The lowest BCUT2D eigenvalue weighted by atomic mass is 10.2. The van der Waals surface area contributed by atoms with E-state index in [1.807, 2.05) is 18.2 Å². The quantitative estimate of drug-likeness (QED) is 0.870. The minimum Gasteiger partial charge on any atom is -0.454 e. The normalized spacial score (nSPS) is 12.5. The maximum Gasteiger partial charge on any atom is 0.231 e. The lowest BCUT2D eigenvalue weighted by Crippen LogP contribution is -2.01. The Morgan fingerprint density at radius 1 is 1.18 bits per heavy atom. The number of nitrogens with one attached hydrogen (secondary N) is 1. The van der Waals surface area contributed by atoms with Gasteiger partial charge in [0.15, 0.2) is 11.5 Å². The fourth-order valence-electron chi connectivity index (χ4n) is 1.62. The molecule has 1 aliphatic heterocycles. The molecule has 17 heavy (non-hydrogen) atoms. The van der Waals surface area contributed by atoms with Crippen LogP contribution in [0.5, 0.6) is 11.5 Å². The lowest BCUT2D eigenvalue weighted by Gasteiger charge is -2.06. The molecular weight excluding hydrogens is 218 g/mol. The summed E-state index contributed by atoms with van der Waals surface area (Å²) in [5, 5.41) is 3.25. The van der Waals surface area contributed by atoms with Gasteiger partial charge in [-0.2, -0.15) is 0 Å². The Bertz CT molecular complexity index is 516. The van der Waals surface area contributed by atoms with Crippen molar-refractivity contribution in [1.29, 1.82) is 0 Å². The van der Waals surface area contributed by atoms with E-state index in [2.05, 4.69) is 15.3 Å². The van der Waals surface area contributed by atoms with Gasteiger partial charge in [0.05, 0.1) is 18.4 Å². The summed E-state index contributed by atoms with van der Waals surface area (Å²) in [6.07, 6.45) is 5.07. The molecule has 0 unspecified atom stereocenters. The Labute approximate surface area is 98.4 Å². The first kappa shape index (κ1) is 9.89. The highest BCUT2D eigenvalue weighted by Gasteiger charge is 2.12. The SMILES string of the molecule is c1cnc(CNc2ccc3c(c2)OCO3)cn1. The average Bonchev–Trinajstić information content (AvgIpc) is 2.85. The van der Waals surface area contributed by atoms with Crippen molar-refractivity contribution in [3.63, 3.8) is 0 Å². The highest BCUT2D eigenvalue weighted by Crippen LogP contribution is 2.34. The zero-order chi connectivity index (χ0) is 11.5. The summed E-state index contributed by atoms with van der Waals surface area (Å²) in [6.45, 7) is 0.927. The molecule has 0 radical (unpaired) electrons. The lowest BCUT2D eigenvalue weighted by molar-refractivity contribution is 0.174. The highest BCUT2D eigenvalue weighted by atomic mass is 16.7. The Morgan fingerprint density at radius 2 is 2.12 bits per heavy atom. The average molecular weight is 229 g/mol. The van der Waals surface area contributed by atoms with Gasteiger partial charge in [-0.1, -0.05) is 0 Å². The van der Waals surface area contributed by atoms with Gasteiger partial charge < -0.3 is 14.8 Å². The van der Waals surface area contributed by atoms with Crippen LogP contribution in [0.2, 0.25) is 0 Å². The molecule has 0 atom stereocenters. The van der Waals surface area contributed by atoms with Crippen molar-refractivity contribution in [2.45, 2.75) is 6.54 Å². The van der Waals surface area contributed by atoms with Gasteiger partial charge in [-0.15, -0.1) is 0 Å². The highest BCUT2D eigenvalue weighted by molar-refractivity contribution is 5.55. The van der Waals surface area contributed by atoms with Crippen molar-refractivity contribution < 1.29 is 9.47 Å². The Balaban J connectivity index is 1.70. The van der Waals surface area contributed by atoms with Crippen LogP contribution in [0.4, 0.5) is 5.69 Å². The summed E-state index contributed by atoms with van der Waals surface area (Å²) in [7, 11) is 0. The Kier molecular flexibility index (Phi) is 2.50. The van der Waals surface area contributed by atoms with E-state index in [-0.39, 0.29) is 0 Å². The number of anilines is 1. The molecule has 5 nitrogen and oxygen atoms in total. The van der Waals surface area contributed by atoms with Gasteiger partial charge in [-0.05, 0) is 12.1 Å². The molecule has 0 saturated carbocycles. The molecule has 86 valence electrons. The number of fused-ring (bicyclic) bond motifs is 1. The monoisotopic (exact) mass is 229 g/mol. The summed E-state index contributed by atoms with van der Waals surface area (Å²) in [5.74, 6) is 1.56. The molecular formula is C12H11N3O2. The smallest absolute Gasteiger partial charge is 0.231 e. The van der Waals surface area contributed by atoms with Crippen molar-refractivity contribution in [1.82, 2.24) is 9.97 Å². The van der Waals surface area contributed by atoms with Crippen molar-refractivity contribution in [3.05, 3.63) is 42.5 Å². The molecule has 1 aliphatic rings. The third-order valence-corrected chi connectivity index (χ3v) is 2.46. The maximum atomic E-state index is 5.30. The van der Waals surface area contributed by atoms with E-state index < -0.39 is 0 Å². The minimum atomic E-state index is 0.295. The topological polar surface area (TPSA) is 56.3 Å². The number of ether oxygens (including phenoxy) is 2. The van der Waals surface area contributed by atoms with Gasteiger partial charge in [0.2, 0.25) is 6.79 Å². The van der Waals surface area contributed by atoms with Gasteiger partial charge in [0.1, 0.15) is 0 Å². The number of nitrogens with zero attached hydrogens (tertiary/aromatic N) is 2. The molecule has 2 aromatic rings. The predicted octanol–water partition coefficient (Wildman–Crippen LogP) is 1.82. The van der Waals surface area contributed by atoms with Crippen LogP contribution < -0.4 is 14.8 Å². The zero-order valence-electron chi connectivity index (χ0n) is 9.09. The van der Waals surface area contributed by atoms with Gasteiger partial charge in [-0.3, -0.25) is 9.97 Å². The largest absolute Gasteiger partial charge is 0.454 e. The van der Waals surface area contributed by atoms with Crippen molar-refractivity contribution >= 4 is 5.69 Å². The standard InChI is InChI=1S/C12H11N3O2/c1-2-11-12(17-8-16-11)5-9(1)15-7-10-6-13-3-4-14-10/h1-6,15H,7-8H2. The molecule has 0 saturated heterocycles. The second kappa shape index (κ2) is 4.29. The summed E-state index contributed by atoms with van der Waals surface area (Å²) >= 11 is 0. The predicted molar refractivity (Wildman–Crippen MR) is 61.9 cm³/mol. The maximum absolute atomic E-state index is 5.30. The van der Waals surface area contributed by atoms with E-state index in [0.29, 0.717) is 13.3 Å². The molecule has 0 bridgehead atoms.